The van der Waals surface area contributed by atoms with Crippen molar-refractivity contribution in [1.82, 2.24) is 10.6 Å². The summed E-state index contributed by atoms with van der Waals surface area (Å²) in [6, 6.07) is 1.63. The molecule has 1 aliphatic heterocycles. The highest BCUT2D eigenvalue weighted by Gasteiger charge is 2.33. The Balaban J connectivity index is 1.49. The third-order valence-corrected chi connectivity index (χ3v) is 5.91. The van der Waals surface area contributed by atoms with E-state index < -0.39 is 0 Å². The Morgan fingerprint density at radius 3 is 2.63 bits per heavy atom. The van der Waals surface area contributed by atoms with Gasteiger partial charge in [0.05, 0.1) is 0 Å². The zero-order valence-corrected chi connectivity index (χ0v) is 12.7. The third-order valence-electron chi connectivity index (χ3n) is 5.91. The molecule has 0 bridgehead atoms. The normalized spacial score (nSPS) is 43.7. The van der Waals surface area contributed by atoms with Crippen molar-refractivity contribution in [3.8, 4) is 0 Å². The predicted octanol–water partition coefficient (Wildman–Crippen LogP) is 3.32. The van der Waals surface area contributed by atoms with E-state index in [1.165, 1.54) is 70.9 Å². The topological polar surface area (TPSA) is 24.1 Å². The number of rotatable bonds is 4. The molecule has 2 nitrogen and oxygen atoms in total. The van der Waals surface area contributed by atoms with E-state index in [0.29, 0.717) is 0 Å². The number of hydrogen-bond acceptors (Lipinski definition) is 2. The second kappa shape index (κ2) is 6.58. The molecule has 0 radical (unpaired) electrons. The summed E-state index contributed by atoms with van der Waals surface area (Å²) in [5.41, 5.74) is 0. The maximum Gasteiger partial charge on any atom is 0.0111 e. The summed E-state index contributed by atoms with van der Waals surface area (Å²) in [5.74, 6) is 2.86. The maximum absolute atomic E-state index is 3.97. The predicted molar refractivity (Wildman–Crippen MR) is 81.3 cm³/mol. The van der Waals surface area contributed by atoms with Gasteiger partial charge in [-0.25, -0.2) is 0 Å². The van der Waals surface area contributed by atoms with Crippen molar-refractivity contribution in [2.45, 2.75) is 76.8 Å². The van der Waals surface area contributed by atoms with E-state index in [2.05, 4.69) is 17.6 Å². The van der Waals surface area contributed by atoms with Gasteiger partial charge in [-0.3, -0.25) is 0 Å². The molecule has 3 fully saturated rings. The van der Waals surface area contributed by atoms with Gasteiger partial charge in [0.15, 0.2) is 0 Å². The van der Waals surface area contributed by atoms with E-state index >= 15 is 0 Å². The van der Waals surface area contributed by atoms with Gasteiger partial charge >= 0.3 is 0 Å². The van der Waals surface area contributed by atoms with Crippen molar-refractivity contribution in [3.63, 3.8) is 0 Å². The van der Waals surface area contributed by atoms with Gasteiger partial charge < -0.3 is 10.6 Å². The van der Waals surface area contributed by atoms with Crippen LogP contribution < -0.4 is 10.6 Å². The first-order valence-electron chi connectivity index (χ1n) is 8.79. The summed E-state index contributed by atoms with van der Waals surface area (Å²) in [7, 11) is 0. The highest BCUT2D eigenvalue weighted by Crippen LogP contribution is 2.33. The molecule has 110 valence electrons. The van der Waals surface area contributed by atoms with Gasteiger partial charge in [-0.1, -0.05) is 26.2 Å². The van der Waals surface area contributed by atoms with Gasteiger partial charge in [0, 0.05) is 12.1 Å². The standard InChI is InChI=1S/C17H32N2/c1-13-8-9-14(11-13)12-19-17-6-3-2-5-15(17)16-7-4-10-18-16/h13-19H,2-12H2,1H3. The molecular formula is C17H32N2. The summed E-state index contributed by atoms with van der Waals surface area (Å²) in [6.07, 6.45) is 13.0. The molecule has 0 aromatic carbocycles. The highest BCUT2D eigenvalue weighted by atomic mass is 15.0. The van der Waals surface area contributed by atoms with Gasteiger partial charge in [-0.2, -0.15) is 0 Å². The van der Waals surface area contributed by atoms with Crippen LogP contribution in [0.3, 0.4) is 0 Å². The Kier molecular flexibility index (Phi) is 4.81. The van der Waals surface area contributed by atoms with Gasteiger partial charge in [0.1, 0.15) is 0 Å². The van der Waals surface area contributed by atoms with Crippen LogP contribution in [0.5, 0.6) is 0 Å². The SMILES string of the molecule is CC1CCC(CNC2CCCCC2C2CCCN2)C1. The lowest BCUT2D eigenvalue weighted by molar-refractivity contribution is 0.208. The fourth-order valence-electron chi connectivity index (χ4n) is 4.80. The fourth-order valence-corrected chi connectivity index (χ4v) is 4.80. The van der Waals surface area contributed by atoms with E-state index in [1.54, 1.807) is 0 Å². The molecular weight excluding hydrogens is 232 g/mol. The van der Waals surface area contributed by atoms with Crippen LogP contribution in [0.4, 0.5) is 0 Å². The number of nitrogens with one attached hydrogen (secondary N) is 2. The lowest BCUT2D eigenvalue weighted by Crippen LogP contribution is -2.48. The van der Waals surface area contributed by atoms with Crippen molar-refractivity contribution < 1.29 is 0 Å². The second-order valence-electron chi connectivity index (χ2n) is 7.45. The molecule has 1 heterocycles. The van der Waals surface area contributed by atoms with Crippen LogP contribution in [0.15, 0.2) is 0 Å². The van der Waals surface area contributed by atoms with Gasteiger partial charge in [-0.15, -0.1) is 0 Å². The molecule has 19 heavy (non-hydrogen) atoms. The minimum atomic E-state index is 0.806. The van der Waals surface area contributed by atoms with E-state index in [-0.39, 0.29) is 0 Å². The zero-order chi connectivity index (χ0) is 13.1. The number of hydrogen-bond donors (Lipinski definition) is 2. The maximum atomic E-state index is 3.97. The summed E-state index contributed by atoms with van der Waals surface area (Å²) >= 11 is 0. The molecule has 0 aromatic heterocycles. The highest BCUT2D eigenvalue weighted by molar-refractivity contribution is 4.92. The Labute approximate surface area is 119 Å². The minimum Gasteiger partial charge on any atom is -0.314 e. The first-order valence-corrected chi connectivity index (χ1v) is 8.79. The summed E-state index contributed by atoms with van der Waals surface area (Å²) in [6.45, 7) is 4.97. The Bertz CT molecular complexity index is 272. The zero-order valence-electron chi connectivity index (χ0n) is 12.7. The van der Waals surface area contributed by atoms with Crippen LogP contribution in [-0.4, -0.2) is 25.2 Å². The van der Waals surface area contributed by atoms with E-state index in [4.69, 9.17) is 0 Å². The van der Waals surface area contributed by atoms with Crippen molar-refractivity contribution in [1.29, 1.82) is 0 Å². The molecule has 2 heteroatoms. The third kappa shape index (κ3) is 3.52. The molecule has 3 aliphatic rings. The average molecular weight is 264 g/mol. The van der Waals surface area contributed by atoms with Gasteiger partial charge in [0.25, 0.3) is 0 Å². The Morgan fingerprint density at radius 1 is 1.00 bits per heavy atom. The van der Waals surface area contributed by atoms with E-state index in [9.17, 15) is 0 Å². The first-order chi connectivity index (χ1) is 9.33. The Hall–Kier alpha value is -0.0800. The smallest absolute Gasteiger partial charge is 0.0111 e. The van der Waals surface area contributed by atoms with Crippen LogP contribution in [-0.2, 0) is 0 Å². The summed E-state index contributed by atoms with van der Waals surface area (Å²) in [5, 5.41) is 7.72. The lowest BCUT2D eigenvalue weighted by Gasteiger charge is -2.37. The van der Waals surface area contributed by atoms with Crippen molar-refractivity contribution >= 4 is 0 Å². The monoisotopic (exact) mass is 264 g/mol. The molecule has 0 aromatic rings. The molecule has 5 unspecified atom stereocenters. The molecule has 2 saturated carbocycles. The quantitative estimate of drug-likeness (QED) is 0.814. The lowest BCUT2D eigenvalue weighted by atomic mass is 9.79. The van der Waals surface area contributed by atoms with Crippen molar-refractivity contribution in [2.75, 3.05) is 13.1 Å². The first kappa shape index (κ1) is 13.9. The second-order valence-corrected chi connectivity index (χ2v) is 7.45. The molecule has 0 amide bonds. The van der Waals surface area contributed by atoms with Crippen molar-refractivity contribution in [3.05, 3.63) is 0 Å². The summed E-state index contributed by atoms with van der Waals surface area (Å²) in [4.78, 5) is 0. The molecule has 2 aliphatic carbocycles. The average Bonchev–Trinajstić information content (AvgIpc) is 3.08. The Morgan fingerprint density at radius 2 is 1.89 bits per heavy atom. The minimum absolute atomic E-state index is 0.806. The molecule has 2 N–H and O–H groups in total. The van der Waals surface area contributed by atoms with Crippen LogP contribution in [0.1, 0.15) is 64.7 Å². The largest absolute Gasteiger partial charge is 0.314 e. The van der Waals surface area contributed by atoms with Crippen molar-refractivity contribution in [2.24, 2.45) is 17.8 Å². The van der Waals surface area contributed by atoms with Gasteiger partial charge in [0.2, 0.25) is 0 Å². The van der Waals surface area contributed by atoms with Crippen LogP contribution in [0.2, 0.25) is 0 Å². The fraction of sp³-hybridized carbons (Fsp3) is 1.00. The molecule has 3 rings (SSSR count). The van der Waals surface area contributed by atoms with E-state index in [0.717, 1.165) is 29.8 Å². The summed E-state index contributed by atoms with van der Waals surface area (Å²) < 4.78 is 0. The van der Waals surface area contributed by atoms with Crippen LogP contribution in [0.25, 0.3) is 0 Å². The van der Waals surface area contributed by atoms with Gasteiger partial charge in [-0.05, 0) is 69.4 Å². The molecule has 1 saturated heterocycles. The van der Waals surface area contributed by atoms with Crippen LogP contribution >= 0.6 is 0 Å². The van der Waals surface area contributed by atoms with E-state index in [1.807, 2.05) is 0 Å². The van der Waals surface area contributed by atoms with Crippen LogP contribution in [0, 0.1) is 17.8 Å². The molecule has 5 atom stereocenters. The molecule has 0 spiro atoms.